The Balaban J connectivity index is 1.40. The van der Waals surface area contributed by atoms with Crippen molar-refractivity contribution in [1.82, 2.24) is 5.32 Å². The lowest BCUT2D eigenvalue weighted by Gasteiger charge is -2.48. The number of amides is 1. The van der Waals surface area contributed by atoms with Crippen LogP contribution in [0.3, 0.4) is 0 Å². The number of aliphatic hydroxyl groups excluding tert-OH is 10. The summed E-state index contributed by atoms with van der Waals surface area (Å²) in [7, 11) is 0. The van der Waals surface area contributed by atoms with Gasteiger partial charge in [-0.1, -0.05) is 79.8 Å². The van der Waals surface area contributed by atoms with Crippen LogP contribution in [-0.2, 0) is 33.2 Å². The lowest BCUT2D eigenvalue weighted by atomic mass is 9.96. The number of hydrogen-bond acceptors (Lipinski definition) is 17. The molecule has 60 heavy (non-hydrogen) atoms. The van der Waals surface area contributed by atoms with Gasteiger partial charge < -0.3 is 84.8 Å². The van der Waals surface area contributed by atoms with E-state index in [4.69, 9.17) is 28.4 Å². The molecule has 0 spiro atoms. The molecule has 3 aliphatic rings. The van der Waals surface area contributed by atoms with E-state index in [-0.39, 0.29) is 25.5 Å². The number of ether oxygens (including phenoxy) is 6. The Morgan fingerprint density at radius 3 is 1.38 bits per heavy atom. The van der Waals surface area contributed by atoms with Gasteiger partial charge in [0.05, 0.1) is 26.4 Å². The van der Waals surface area contributed by atoms with Gasteiger partial charge >= 0.3 is 0 Å². The molecule has 3 saturated heterocycles. The lowest BCUT2D eigenvalue weighted by molar-refractivity contribution is -0.380. The molecule has 0 aromatic carbocycles. The van der Waals surface area contributed by atoms with Gasteiger partial charge in [0.15, 0.2) is 18.9 Å². The first kappa shape index (κ1) is 51.6. The van der Waals surface area contributed by atoms with Crippen molar-refractivity contribution in [2.75, 3.05) is 33.0 Å². The molecule has 0 bridgehead atoms. The van der Waals surface area contributed by atoms with Crippen LogP contribution in [0, 0.1) is 0 Å². The quantitative estimate of drug-likeness (QED) is 0.0390. The van der Waals surface area contributed by atoms with E-state index in [1.165, 1.54) is 0 Å². The van der Waals surface area contributed by atoms with E-state index in [9.17, 15) is 55.9 Å². The Kier molecular flexibility index (Phi) is 24.8. The number of rotatable bonds is 25. The van der Waals surface area contributed by atoms with Crippen LogP contribution in [0.25, 0.3) is 0 Å². The fourth-order valence-electron chi connectivity index (χ4n) is 6.48. The second-order valence-corrected chi connectivity index (χ2v) is 14.5. The maximum atomic E-state index is 12.4. The van der Waals surface area contributed by atoms with Crippen LogP contribution in [-0.4, -0.2) is 182 Å². The van der Waals surface area contributed by atoms with Crippen molar-refractivity contribution >= 4 is 5.91 Å². The first-order valence-electron chi connectivity index (χ1n) is 20.6. The average Bonchev–Trinajstić information content (AvgIpc) is 3.24. The van der Waals surface area contributed by atoms with Gasteiger partial charge in [0.1, 0.15) is 73.2 Å². The van der Waals surface area contributed by atoms with E-state index >= 15 is 0 Å². The molecule has 3 aliphatic heterocycles. The molecule has 18 nitrogen and oxygen atoms in total. The van der Waals surface area contributed by atoms with E-state index in [1.54, 1.807) is 0 Å². The van der Waals surface area contributed by atoms with Crippen molar-refractivity contribution in [3.63, 3.8) is 0 Å². The summed E-state index contributed by atoms with van der Waals surface area (Å²) in [4.78, 5) is 12.4. The molecule has 0 saturated carbocycles. The van der Waals surface area contributed by atoms with Gasteiger partial charge in [0, 0.05) is 13.0 Å². The Morgan fingerprint density at radius 2 is 0.917 bits per heavy atom. The highest BCUT2D eigenvalue weighted by molar-refractivity contribution is 5.75. The lowest BCUT2D eigenvalue weighted by Crippen LogP contribution is -2.67. The van der Waals surface area contributed by atoms with Gasteiger partial charge in [-0.25, -0.2) is 0 Å². The molecule has 342 valence electrons. The van der Waals surface area contributed by atoms with Crippen LogP contribution >= 0.6 is 0 Å². The standard InChI is InChI=1S/C42H67NO17/c1-2-3-4-5-6-7-8-9-10-11-12-13-14-15-16-17-18-19-20-21-30(47)43-22-23-55-40-36(53)38(32(49)28(25-45)56-40)60-42-37(54)39(33(50)29(26-46)58-42)59-41-35(52)34(51)31(48)27(24-44)57-41/h3-4,6-7,9-10,12-13,15-16,18-19,27-29,31-42,44-46,48-54H,2,5,8,11,14,17,20-26H2,1H3,(H,43,47)/b4-3-,7-6-,10-9-,13-12-,16-15-,19-18-/t27-,28-,29-,31-,32-,33-,34+,35-,36-,37-,38+,39+,40-,41+,42+/m1/s1. The second kappa shape index (κ2) is 28.8. The molecule has 0 radical (unpaired) electrons. The molecule has 3 heterocycles. The van der Waals surface area contributed by atoms with Crippen LogP contribution in [0.15, 0.2) is 72.9 Å². The fraction of sp³-hybridized carbons (Fsp3) is 0.690. The summed E-state index contributed by atoms with van der Waals surface area (Å²) in [6.45, 7) is -0.346. The first-order chi connectivity index (χ1) is 29.0. The van der Waals surface area contributed by atoms with Crippen LogP contribution in [0.5, 0.6) is 0 Å². The SMILES string of the molecule is CC/C=C\C/C=C\C/C=C\C/C=C\C/C=C\C/C=C\CCC(=O)NCCO[C@@H]1O[C@H](CO)[C@@H](O)[C@H](O[C@@H]2O[C@H](CO)[C@@H](O)[C@H](O[C@@H]3O[C@H](CO)[C@@H](O)[C@H](O)[C@H]3O)[C@H]2O)[C@H]1O. The summed E-state index contributed by atoms with van der Waals surface area (Å²) in [6.07, 6.45) is 6.14. The maximum absolute atomic E-state index is 12.4. The summed E-state index contributed by atoms with van der Waals surface area (Å²) in [5, 5.41) is 107. The highest BCUT2D eigenvalue weighted by atomic mass is 16.8. The van der Waals surface area contributed by atoms with E-state index < -0.39 is 112 Å². The summed E-state index contributed by atoms with van der Waals surface area (Å²) in [5.41, 5.74) is 0. The molecule has 18 heteroatoms. The highest BCUT2D eigenvalue weighted by Crippen LogP contribution is 2.32. The third-order valence-corrected chi connectivity index (χ3v) is 9.92. The summed E-state index contributed by atoms with van der Waals surface area (Å²) < 4.78 is 33.3. The van der Waals surface area contributed by atoms with Gasteiger partial charge in [-0.3, -0.25) is 4.79 Å². The average molecular weight is 858 g/mol. The Hall–Kier alpha value is -2.73. The zero-order chi connectivity index (χ0) is 43.9. The molecule has 0 unspecified atom stereocenters. The van der Waals surface area contributed by atoms with E-state index in [2.05, 4.69) is 73.0 Å². The molecule has 1 amide bonds. The van der Waals surface area contributed by atoms with Gasteiger partial charge in [-0.2, -0.15) is 0 Å². The zero-order valence-corrected chi connectivity index (χ0v) is 34.1. The van der Waals surface area contributed by atoms with Crippen molar-refractivity contribution in [2.24, 2.45) is 0 Å². The van der Waals surface area contributed by atoms with E-state index in [1.807, 2.05) is 12.2 Å². The number of aliphatic hydroxyl groups is 10. The molecule has 11 N–H and O–H groups in total. The summed E-state index contributed by atoms with van der Waals surface area (Å²) >= 11 is 0. The third kappa shape index (κ3) is 16.5. The number of allylic oxidation sites excluding steroid dienone is 12. The van der Waals surface area contributed by atoms with Gasteiger partial charge in [-0.15, -0.1) is 0 Å². The Bertz CT molecular complexity index is 1370. The van der Waals surface area contributed by atoms with Crippen molar-refractivity contribution in [1.29, 1.82) is 0 Å². The maximum Gasteiger partial charge on any atom is 0.220 e. The second-order valence-electron chi connectivity index (χ2n) is 14.5. The summed E-state index contributed by atoms with van der Waals surface area (Å²) in [5.74, 6) is -0.238. The monoisotopic (exact) mass is 857 g/mol. The van der Waals surface area contributed by atoms with Crippen molar-refractivity contribution in [3.05, 3.63) is 72.9 Å². The predicted molar refractivity (Wildman–Crippen MR) is 215 cm³/mol. The van der Waals surface area contributed by atoms with Gasteiger partial charge in [0.2, 0.25) is 5.91 Å². The van der Waals surface area contributed by atoms with Crippen molar-refractivity contribution < 1.29 is 84.3 Å². The highest BCUT2D eigenvalue weighted by Gasteiger charge is 2.53. The normalized spacial score (nSPS) is 35.6. The van der Waals surface area contributed by atoms with Crippen LogP contribution in [0.4, 0.5) is 0 Å². The third-order valence-electron chi connectivity index (χ3n) is 9.92. The molecule has 15 atom stereocenters. The van der Waals surface area contributed by atoms with Crippen LogP contribution in [0.2, 0.25) is 0 Å². The molecule has 3 fully saturated rings. The minimum Gasteiger partial charge on any atom is -0.394 e. The van der Waals surface area contributed by atoms with E-state index in [0.717, 1.165) is 38.5 Å². The Morgan fingerprint density at radius 1 is 0.517 bits per heavy atom. The van der Waals surface area contributed by atoms with Gasteiger partial charge in [-0.05, 0) is 44.9 Å². The number of carbonyl (C=O) groups excluding carboxylic acids is 1. The molecular weight excluding hydrogens is 790 g/mol. The fourth-order valence-corrected chi connectivity index (χ4v) is 6.48. The van der Waals surface area contributed by atoms with Crippen LogP contribution < -0.4 is 5.32 Å². The zero-order valence-electron chi connectivity index (χ0n) is 34.1. The van der Waals surface area contributed by atoms with Crippen molar-refractivity contribution in [3.8, 4) is 0 Å². The van der Waals surface area contributed by atoms with Crippen molar-refractivity contribution in [2.45, 2.75) is 150 Å². The Labute approximate surface area is 351 Å². The molecule has 0 aromatic heterocycles. The van der Waals surface area contributed by atoms with Gasteiger partial charge in [0.25, 0.3) is 0 Å². The number of carbonyl (C=O) groups is 1. The molecule has 0 aliphatic carbocycles. The number of nitrogens with one attached hydrogen (secondary N) is 1. The predicted octanol–water partition coefficient (Wildman–Crippen LogP) is -0.955. The largest absolute Gasteiger partial charge is 0.394 e. The van der Waals surface area contributed by atoms with Crippen LogP contribution in [0.1, 0.15) is 58.3 Å². The van der Waals surface area contributed by atoms with E-state index in [0.29, 0.717) is 6.42 Å². The molecular formula is C42H67NO17. The topological polar surface area (TPSA) is 287 Å². The minimum absolute atomic E-state index is 0.0323. The molecule has 3 rings (SSSR count). The summed E-state index contributed by atoms with van der Waals surface area (Å²) in [6, 6.07) is 0. The number of hydrogen-bond donors (Lipinski definition) is 11. The minimum atomic E-state index is -1.95. The first-order valence-corrected chi connectivity index (χ1v) is 20.6. The smallest absolute Gasteiger partial charge is 0.220 e. The molecule has 0 aromatic rings.